The number of aromatic nitrogens is 1. The predicted octanol–water partition coefficient (Wildman–Crippen LogP) is 1.97. The summed E-state index contributed by atoms with van der Waals surface area (Å²) in [5.41, 5.74) is 6.59. The molecule has 0 unspecified atom stereocenters. The van der Waals surface area contributed by atoms with E-state index < -0.39 is 16.1 Å². The Morgan fingerprint density at radius 2 is 1.77 bits per heavy atom. The summed E-state index contributed by atoms with van der Waals surface area (Å²) in [6, 6.07) is 1.58. The maximum atomic E-state index is 12.8. The van der Waals surface area contributed by atoms with Crippen molar-refractivity contribution in [3.8, 4) is 0 Å². The van der Waals surface area contributed by atoms with Gasteiger partial charge in [0.2, 0.25) is 4.34 Å². The van der Waals surface area contributed by atoms with Crippen molar-refractivity contribution in [3.63, 3.8) is 0 Å². The Morgan fingerprint density at radius 3 is 2.43 bits per heavy atom. The number of sulfonamides is 1. The summed E-state index contributed by atoms with van der Waals surface area (Å²) in [7, 11) is -1.99. The number of thiazole rings is 1. The van der Waals surface area contributed by atoms with E-state index in [4.69, 9.17) is 0 Å². The average molecular weight is 457 g/mol. The minimum absolute atomic E-state index is 0. The van der Waals surface area contributed by atoms with E-state index >= 15 is 0 Å². The van der Waals surface area contributed by atoms with Crippen LogP contribution >= 0.6 is 11.3 Å². The zero-order chi connectivity index (χ0) is 20.2. The molecule has 0 saturated carbocycles. The third-order valence-corrected chi connectivity index (χ3v) is 8.86. The number of benzene rings is 1. The molecule has 1 aromatic heterocycles. The molecular formula is C20H25N4NaO3S2. The van der Waals surface area contributed by atoms with Gasteiger partial charge in [0.25, 0.3) is 10.0 Å². The number of likely N-dealkylation sites (N-methyl/N-ethyl adjacent to an activating group) is 1. The van der Waals surface area contributed by atoms with Gasteiger partial charge in [-0.1, -0.05) is 6.07 Å². The monoisotopic (exact) mass is 456 g/mol. The molecule has 2 amide bonds. The number of nitrogens with one attached hydrogen (secondary N) is 2. The molecule has 0 fully saturated rings. The molecule has 0 radical (unpaired) electrons. The van der Waals surface area contributed by atoms with Crippen molar-refractivity contribution in [1.29, 1.82) is 0 Å². The fraction of sp³-hybridized carbons (Fsp3) is 0.500. The Morgan fingerprint density at radius 1 is 1.10 bits per heavy atom. The molecule has 2 aromatic rings. The maximum absolute atomic E-state index is 12.8. The Labute approximate surface area is 203 Å². The zero-order valence-corrected chi connectivity index (χ0v) is 18.0. The fourth-order valence-electron chi connectivity index (χ4n) is 4.69. The van der Waals surface area contributed by atoms with E-state index in [0.717, 1.165) is 79.1 Å². The number of aryl methyl sites for hydroxylation is 2. The van der Waals surface area contributed by atoms with Crippen LogP contribution in [0.1, 0.15) is 45.7 Å². The van der Waals surface area contributed by atoms with Gasteiger partial charge < -0.3 is 10.2 Å². The second kappa shape index (κ2) is 8.52. The first kappa shape index (κ1) is 22.2. The van der Waals surface area contributed by atoms with E-state index in [1.165, 1.54) is 22.3 Å². The second-order valence-corrected chi connectivity index (χ2v) is 11.1. The number of hydrogen-bond acceptors (Lipinski definition) is 6. The molecular weight excluding hydrogens is 431 g/mol. The van der Waals surface area contributed by atoms with Gasteiger partial charge in [-0.2, -0.15) is 8.42 Å². The minimum atomic E-state index is -3.99. The van der Waals surface area contributed by atoms with Crippen molar-refractivity contribution in [2.45, 2.75) is 55.8 Å². The number of carbonyl (C=O) groups excluding carboxylic acids is 1. The number of hydrogen-bond donors (Lipinski definition) is 2. The van der Waals surface area contributed by atoms with Crippen LogP contribution < -0.4 is 10.0 Å². The summed E-state index contributed by atoms with van der Waals surface area (Å²) in [5.74, 6) is 0. The summed E-state index contributed by atoms with van der Waals surface area (Å²) in [6.45, 7) is 1.55. The molecule has 1 aromatic carbocycles. The SMILES string of the molecule is CN1CCc2nc(S(=O)(=O)NC(=O)Nc3c4c(cc5c3CCC5)CCC4)sc2C1.[NaH]. The molecule has 2 N–H and O–H groups in total. The van der Waals surface area contributed by atoms with Crippen molar-refractivity contribution in [2.24, 2.45) is 0 Å². The molecule has 7 nitrogen and oxygen atoms in total. The van der Waals surface area contributed by atoms with Gasteiger partial charge in [-0.05, 0) is 67.8 Å². The van der Waals surface area contributed by atoms with E-state index in [-0.39, 0.29) is 33.9 Å². The first-order valence-corrected chi connectivity index (χ1v) is 12.4. The molecule has 30 heavy (non-hydrogen) atoms. The van der Waals surface area contributed by atoms with Gasteiger partial charge in [0.05, 0.1) is 5.69 Å². The molecule has 156 valence electrons. The number of rotatable bonds is 3. The van der Waals surface area contributed by atoms with Crippen LogP contribution in [0.4, 0.5) is 10.5 Å². The van der Waals surface area contributed by atoms with Crippen LogP contribution in [0.3, 0.4) is 0 Å². The molecule has 0 bridgehead atoms. The standard InChI is InChI=1S/C20H24N4O3S2.Na.H/c1-24-9-8-16-17(11-24)28-20(21-16)29(26,27)23-19(25)22-18-14-6-2-4-12(14)10-13-5-3-7-15(13)18;;/h10H,2-9,11H2,1H3,(H2,22,23,25);;. The summed E-state index contributed by atoms with van der Waals surface area (Å²) in [6.07, 6.45) is 6.78. The molecule has 2 heterocycles. The topological polar surface area (TPSA) is 91.4 Å². The normalized spacial score (nSPS) is 17.6. The predicted molar refractivity (Wildman–Crippen MR) is 119 cm³/mol. The van der Waals surface area contributed by atoms with Crippen LogP contribution in [0, 0.1) is 0 Å². The summed E-state index contributed by atoms with van der Waals surface area (Å²) < 4.78 is 27.7. The third kappa shape index (κ3) is 4.08. The van der Waals surface area contributed by atoms with Gasteiger partial charge in [0, 0.05) is 30.1 Å². The molecule has 2 aliphatic carbocycles. The molecule has 0 saturated heterocycles. The number of fused-ring (bicyclic) bond motifs is 3. The summed E-state index contributed by atoms with van der Waals surface area (Å²) >= 11 is 1.15. The van der Waals surface area contributed by atoms with Crippen molar-refractivity contribution < 1.29 is 13.2 Å². The second-order valence-electron chi connectivity index (χ2n) is 8.13. The molecule has 5 rings (SSSR count). The van der Waals surface area contributed by atoms with Crippen LogP contribution in [-0.2, 0) is 48.7 Å². The van der Waals surface area contributed by atoms with E-state index in [9.17, 15) is 13.2 Å². The van der Waals surface area contributed by atoms with Gasteiger partial charge in [-0.25, -0.2) is 14.5 Å². The van der Waals surface area contributed by atoms with Crippen LogP contribution in [-0.4, -0.2) is 67.5 Å². The molecule has 3 aliphatic rings. The number of carbonyl (C=O) groups is 1. The van der Waals surface area contributed by atoms with Gasteiger partial charge in [-0.3, -0.25) is 0 Å². The van der Waals surface area contributed by atoms with Crippen LogP contribution in [0.15, 0.2) is 10.4 Å². The first-order chi connectivity index (χ1) is 13.9. The van der Waals surface area contributed by atoms with Crippen molar-refractivity contribution in [3.05, 3.63) is 38.9 Å². The van der Waals surface area contributed by atoms with E-state index in [0.29, 0.717) is 6.54 Å². The van der Waals surface area contributed by atoms with Gasteiger partial charge in [0.15, 0.2) is 0 Å². The average Bonchev–Trinajstić information content (AvgIpc) is 3.39. The van der Waals surface area contributed by atoms with Crippen LogP contribution in [0.5, 0.6) is 0 Å². The molecule has 10 heteroatoms. The Kier molecular flexibility index (Phi) is 6.31. The van der Waals surface area contributed by atoms with E-state index in [1.807, 2.05) is 7.05 Å². The van der Waals surface area contributed by atoms with E-state index in [2.05, 4.69) is 26.0 Å². The van der Waals surface area contributed by atoms with Crippen LogP contribution in [0.25, 0.3) is 0 Å². The van der Waals surface area contributed by atoms with Gasteiger partial charge in [-0.15, -0.1) is 11.3 Å². The van der Waals surface area contributed by atoms with Crippen molar-refractivity contribution >= 4 is 62.6 Å². The van der Waals surface area contributed by atoms with Gasteiger partial charge >= 0.3 is 35.6 Å². The summed E-state index contributed by atoms with van der Waals surface area (Å²) in [5, 5.41) is 2.88. The first-order valence-electron chi connectivity index (χ1n) is 10.1. The molecule has 1 aliphatic heterocycles. The number of nitrogens with zero attached hydrogens (tertiary/aromatic N) is 2. The number of anilines is 1. The summed E-state index contributed by atoms with van der Waals surface area (Å²) in [4.78, 5) is 20.0. The number of urea groups is 1. The van der Waals surface area contributed by atoms with E-state index in [1.54, 1.807) is 0 Å². The number of amides is 2. The Balaban J connectivity index is 0.00000218. The van der Waals surface area contributed by atoms with Crippen molar-refractivity contribution in [2.75, 3.05) is 18.9 Å². The van der Waals surface area contributed by atoms with Crippen LogP contribution in [0.2, 0.25) is 0 Å². The third-order valence-electron chi connectivity index (χ3n) is 6.07. The molecule has 0 atom stereocenters. The Hall–Kier alpha value is -0.970. The Bertz CT molecular complexity index is 1080. The molecule has 0 spiro atoms. The zero-order valence-electron chi connectivity index (χ0n) is 16.4. The quantitative estimate of drug-likeness (QED) is 0.689. The fourth-order valence-corrected chi connectivity index (χ4v) is 7.08. The van der Waals surface area contributed by atoms with Gasteiger partial charge in [0.1, 0.15) is 0 Å². The van der Waals surface area contributed by atoms with Crippen molar-refractivity contribution in [1.82, 2.24) is 14.6 Å².